The molecule has 1 aliphatic heterocycles. The number of nitrogens with two attached hydrogens (primary N) is 1. The third kappa shape index (κ3) is 2.31. The largest absolute Gasteiger partial charge is 0.493 e. The second-order valence-corrected chi connectivity index (χ2v) is 5.68. The van der Waals surface area contributed by atoms with E-state index in [0.717, 1.165) is 35.9 Å². The number of ether oxygens (including phenoxy) is 1. The first-order valence-electron chi connectivity index (χ1n) is 7.34. The Labute approximate surface area is 125 Å². The summed E-state index contributed by atoms with van der Waals surface area (Å²) in [4.78, 5) is 4.77. The fourth-order valence-electron chi connectivity index (χ4n) is 2.79. The smallest absolute Gasteiger partial charge is 0.132 e. The van der Waals surface area contributed by atoms with Gasteiger partial charge in [0.2, 0.25) is 0 Å². The Kier molecular flexibility index (Phi) is 3.45. The molecular formula is C17H21N3O. The zero-order valence-corrected chi connectivity index (χ0v) is 12.6. The summed E-state index contributed by atoms with van der Waals surface area (Å²) in [6, 6.07) is 6.19. The van der Waals surface area contributed by atoms with Gasteiger partial charge in [-0.3, -0.25) is 0 Å². The molecule has 1 aromatic carbocycles. The molecule has 2 aromatic rings. The normalized spacial score (nSPS) is 13.3. The number of anilines is 1. The second kappa shape index (κ2) is 5.28. The van der Waals surface area contributed by atoms with Crippen LogP contribution < -0.4 is 10.5 Å². The molecule has 2 N–H and O–H groups in total. The number of imidazole rings is 1. The van der Waals surface area contributed by atoms with E-state index in [2.05, 4.69) is 26.5 Å². The highest BCUT2D eigenvalue weighted by Crippen LogP contribution is 2.34. The summed E-state index contributed by atoms with van der Waals surface area (Å²) < 4.78 is 7.59. The van der Waals surface area contributed by atoms with Gasteiger partial charge in [-0.15, -0.1) is 6.58 Å². The Morgan fingerprint density at radius 3 is 3.00 bits per heavy atom. The van der Waals surface area contributed by atoms with Gasteiger partial charge in [0.25, 0.3) is 0 Å². The second-order valence-electron chi connectivity index (χ2n) is 5.68. The fraction of sp³-hybridized carbons (Fsp3) is 0.353. The van der Waals surface area contributed by atoms with E-state index in [0.29, 0.717) is 18.3 Å². The molecule has 0 radical (unpaired) electrons. The van der Waals surface area contributed by atoms with Crippen molar-refractivity contribution in [1.29, 1.82) is 0 Å². The number of rotatable bonds is 4. The van der Waals surface area contributed by atoms with Gasteiger partial charge in [-0.2, -0.15) is 0 Å². The topological polar surface area (TPSA) is 53.1 Å². The molecule has 110 valence electrons. The molecule has 0 fully saturated rings. The van der Waals surface area contributed by atoms with E-state index in [1.54, 1.807) is 0 Å². The first kappa shape index (κ1) is 13.7. The van der Waals surface area contributed by atoms with Crippen LogP contribution in [-0.2, 0) is 13.0 Å². The van der Waals surface area contributed by atoms with Crippen LogP contribution >= 0.6 is 0 Å². The number of hydrogen-bond donors (Lipinski definition) is 1. The van der Waals surface area contributed by atoms with Gasteiger partial charge in [-0.25, -0.2) is 4.98 Å². The Hall–Kier alpha value is -2.23. The Morgan fingerprint density at radius 2 is 2.29 bits per heavy atom. The molecule has 2 heterocycles. The zero-order valence-electron chi connectivity index (χ0n) is 12.6. The first-order valence-corrected chi connectivity index (χ1v) is 7.34. The molecule has 4 nitrogen and oxygen atoms in total. The van der Waals surface area contributed by atoms with E-state index < -0.39 is 0 Å². The maximum absolute atomic E-state index is 6.33. The Bertz CT molecular complexity index is 686. The van der Waals surface area contributed by atoms with E-state index in [1.165, 1.54) is 5.56 Å². The lowest BCUT2D eigenvalue weighted by Gasteiger charge is -2.09. The highest BCUT2D eigenvalue weighted by atomic mass is 16.5. The minimum Gasteiger partial charge on any atom is -0.493 e. The van der Waals surface area contributed by atoms with Crippen LogP contribution in [-0.4, -0.2) is 16.2 Å². The van der Waals surface area contributed by atoms with E-state index in [9.17, 15) is 0 Å². The quantitative estimate of drug-likeness (QED) is 0.875. The molecule has 1 aliphatic rings. The van der Waals surface area contributed by atoms with Crippen LogP contribution in [0.15, 0.2) is 30.9 Å². The summed E-state index contributed by atoms with van der Waals surface area (Å²) in [7, 11) is 0. The first-order chi connectivity index (χ1) is 10.1. The molecule has 0 bridgehead atoms. The fourth-order valence-corrected chi connectivity index (χ4v) is 2.79. The van der Waals surface area contributed by atoms with E-state index in [4.69, 9.17) is 15.5 Å². The van der Waals surface area contributed by atoms with Gasteiger partial charge in [-0.1, -0.05) is 19.9 Å². The monoisotopic (exact) mass is 283 g/mol. The summed E-state index contributed by atoms with van der Waals surface area (Å²) >= 11 is 0. The molecule has 0 saturated carbocycles. The van der Waals surface area contributed by atoms with Gasteiger partial charge < -0.3 is 15.0 Å². The van der Waals surface area contributed by atoms with Gasteiger partial charge in [0, 0.05) is 24.4 Å². The van der Waals surface area contributed by atoms with Crippen molar-refractivity contribution in [3.8, 4) is 17.0 Å². The van der Waals surface area contributed by atoms with Gasteiger partial charge in [0.05, 0.1) is 6.61 Å². The van der Waals surface area contributed by atoms with Crippen LogP contribution in [0.3, 0.4) is 0 Å². The van der Waals surface area contributed by atoms with Crippen molar-refractivity contribution in [3.63, 3.8) is 0 Å². The van der Waals surface area contributed by atoms with E-state index in [1.807, 2.05) is 22.8 Å². The predicted molar refractivity (Wildman–Crippen MR) is 85.6 cm³/mol. The number of nitrogens with zero attached hydrogens (tertiary/aromatic N) is 2. The molecule has 0 saturated heterocycles. The SMILES string of the molecule is C=CCn1c(C(C)C)nc(-c2ccc3c(c2)CCO3)c1N. The van der Waals surface area contributed by atoms with E-state index >= 15 is 0 Å². The number of nitrogen functional groups attached to an aromatic ring is 1. The van der Waals surface area contributed by atoms with Crippen molar-refractivity contribution < 1.29 is 4.74 Å². The lowest BCUT2D eigenvalue weighted by molar-refractivity contribution is 0.357. The Balaban J connectivity index is 2.10. The molecule has 0 amide bonds. The average molecular weight is 283 g/mol. The van der Waals surface area contributed by atoms with Crippen molar-refractivity contribution in [3.05, 3.63) is 42.2 Å². The summed E-state index contributed by atoms with van der Waals surface area (Å²) in [6.07, 6.45) is 2.80. The minimum absolute atomic E-state index is 0.318. The number of aromatic nitrogens is 2. The molecule has 0 unspecified atom stereocenters. The molecule has 21 heavy (non-hydrogen) atoms. The number of allylic oxidation sites excluding steroid dienone is 1. The van der Waals surface area contributed by atoms with Gasteiger partial charge in [0.15, 0.2) is 0 Å². The van der Waals surface area contributed by atoms with Crippen LogP contribution in [0.5, 0.6) is 5.75 Å². The van der Waals surface area contributed by atoms with Crippen LogP contribution in [0.25, 0.3) is 11.3 Å². The predicted octanol–water partition coefficient (Wildman–Crippen LogP) is 3.38. The van der Waals surface area contributed by atoms with Gasteiger partial charge >= 0.3 is 0 Å². The molecule has 1 aromatic heterocycles. The number of hydrogen-bond acceptors (Lipinski definition) is 3. The van der Waals surface area contributed by atoms with Crippen LogP contribution in [0.4, 0.5) is 5.82 Å². The van der Waals surface area contributed by atoms with Gasteiger partial charge in [0.1, 0.15) is 23.1 Å². The maximum atomic E-state index is 6.33. The molecule has 0 spiro atoms. The van der Waals surface area contributed by atoms with Crippen molar-refractivity contribution in [2.45, 2.75) is 32.7 Å². The summed E-state index contributed by atoms with van der Waals surface area (Å²) in [6.45, 7) is 9.50. The summed E-state index contributed by atoms with van der Waals surface area (Å²) in [5.74, 6) is 3.00. The maximum Gasteiger partial charge on any atom is 0.132 e. The lowest BCUT2D eigenvalue weighted by atomic mass is 10.1. The van der Waals surface area contributed by atoms with Crippen molar-refractivity contribution >= 4 is 5.82 Å². The highest BCUT2D eigenvalue weighted by Gasteiger charge is 2.19. The third-order valence-electron chi connectivity index (χ3n) is 3.83. The molecule has 3 rings (SSSR count). The van der Waals surface area contributed by atoms with Crippen LogP contribution in [0, 0.1) is 0 Å². The van der Waals surface area contributed by atoms with Crippen LogP contribution in [0.2, 0.25) is 0 Å². The average Bonchev–Trinajstić information content (AvgIpc) is 3.04. The van der Waals surface area contributed by atoms with Crippen molar-refractivity contribution in [2.24, 2.45) is 0 Å². The lowest BCUT2D eigenvalue weighted by Crippen LogP contribution is -2.07. The van der Waals surface area contributed by atoms with Crippen molar-refractivity contribution in [1.82, 2.24) is 9.55 Å². The zero-order chi connectivity index (χ0) is 15.0. The molecule has 4 heteroatoms. The molecule has 0 aliphatic carbocycles. The van der Waals surface area contributed by atoms with Crippen molar-refractivity contribution in [2.75, 3.05) is 12.3 Å². The minimum atomic E-state index is 0.318. The third-order valence-corrected chi connectivity index (χ3v) is 3.83. The molecular weight excluding hydrogens is 262 g/mol. The van der Waals surface area contributed by atoms with Gasteiger partial charge in [-0.05, 0) is 23.8 Å². The van der Waals surface area contributed by atoms with Crippen LogP contribution in [0.1, 0.15) is 31.2 Å². The highest BCUT2D eigenvalue weighted by molar-refractivity contribution is 5.72. The Morgan fingerprint density at radius 1 is 1.48 bits per heavy atom. The molecule has 0 atom stereocenters. The number of benzene rings is 1. The van der Waals surface area contributed by atoms with E-state index in [-0.39, 0.29) is 0 Å². The standard InChI is InChI=1S/C17H21N3O/c1-4-8-20-16(18)15(19-17(20)11(2)3)13-5-6-14-12(10-13)7-9-21-14/h4-6,10-11H,1,7-9,18H2,2-3H3. The number of fused-ring (bicyclic) bond motifs is 1. The summed E-state index contributed by atoms with van der Waals surface area (Å²) in [5, 5.41) is 0. The summed E-state index contributed by atoms with van der Waals surface area (Å²) in [5.41, 5.74) is 9.47.